The van der Waals surface area contributed by atoms with Gasteiger partial charge < -0.3 is 8.99 Å². The van der Waals surface area contributed by atoms with Gasteiger partial charge in [0.05, 0.1) is 24.3 Å². The maximum atomic E-state index is 15.7. The highest BCUT2D eigenvalue weighted by Crippen LogP contribution is 2.46. The average Bonchev–Trinajstić information content (AvgIpc) is 3.22. The van der Waals surface area contributed by atoms with E-state index in [1.165, 1.54) is 6.07 Å². The number of hydrogen-bond donors (Lipinski definition) is 0. The van der Waals surface area contributed by atoms with E-state index < -0.39 is 14.0 Å². The zero-order valence-electron chi connectivity index (χ0n) is 18.8. The molecule has 4 rings (SSSR count). The molecule has 2 heterocycles. The standard InChI is InChI=1S/C24H34F2N2OSi/c1-23(2,3)30(4,5)29-17-9-12-24(26,13-10-17)14-11-20-18-7-6-8-19(25)22(18)21-15-27-16-28(20)21/h6-8,15-17,20H,9-14H2,1-5H3. The number of imidazole rings is 1. The van der Waals surface area contributed by atoms with Gasteiger partial charge in [0.2, 0.25) is 0 Å². The van der Waals surface area contributed by atoms with E-state index in [0.717, 1.165) is 24.1 Å². The lowest BCUT2D eigenvalue weighted by Gasteiger charge is -2.42. The van der Waals surface area contributed by atoms with Crippen molar-refractivity contribution in [1.29, 1.82) is 0 Å². The van der Waals surface area contributed by atoms with Gasteiger partial charge in [-0.3, -0.25) is 0 Å². The highest BCUT2D eigenvalue weighted by atomic mass is 28.4. The van der Waals surface area contributed by atoms with Crippen LogP contribution in [-0.4, -0.2) is 29.6 Å². The quantitative estimate of drug-likeness (QED) is 0.474. The van der Waals surface area contributed by atoms with E-state index >= 15 is 4.39 Å². The Bertz CT molecular complexity index is 910. The molecule has 2 aromatic rings. The van der Waals surface area contributed by atoms with E-state index in [0.29, 0.717) is 31.2 Å². The number of hydrogen-bond acceptors (Lipinski definition) is 2. The van der Waals surface area contributed by atoms with Crippen LogP contribution in [0.1, 0.15) is 70.9 Å². The van der Waals surface area contributed by atoms with E-state index in [-0.39, 0.29) is 23.0 Å². The molecule has 0 spiro atoms. The van der Waals surface area contributed by atoms with Gasteiger partial charge in [-0.15, -0.1) is 0 Å². The number of alkyl halides is 1. The van der Waals surface area contributed by atoms with Crippen molar-refractivity contribution in [2.24, 2.45) is 0 Å². The largest absolute Gasteiger partial charge is 0.414 e. The molecule has 1 atom stereocenters. The Balaban J connectivity index is 1.40. The third-order valence-electron chi connectivity index (χ3n) is 7.62. The average molecular weight is 433 g/mol. The first-order chi connectivity index (χ1) is 14.0. The number of benzene rings is 1. The minimum Gasteiger partial charge on any atom is -0.414 e. The minimum atomic E-state index is -1.82. The highest BCUT2D eigenvalue weighted by Gasteiger charge is 2.43. The summed E-state index contributed by atoms with van der Waals surface area (Å²) < 4.78 is 38.6. The van der Waals surface area contributed by atoms with Gasteiger partial charge in [0.15, 0.2) is 8.32 Å². The molecule has 164 valence electrons. The lowest BCUT2D eigenvalue weighted by atomic mass is 9.80. The molecule has 0 saturated heterocycles. The Morgan fingerprint density at radius 1 is 1.23 bits per heavy atom. The van der Waals surface area contributed by atoms with E-state index in [2.05, 4.69) is 38.8 Å². The molecule has 0 radical (unpaired) electrons. The smallest absolute Gasteiger partial charge is 0.192 e. The molecule has 1 aliphatic carbocycles. The van der Waals surface area contributed by atoms with E-state index in [1.54, 1.807) is 18.6 Å². The Labute approximate surface area is 180 Å². The van der Waals surface area contributed by atoms with E-state index in [1.807, 2.05) is 10.6 Å². The second-order valence-corrected chi connectivity index (χ2v) is 15.4. The number of nitrogens with zero attached hydrogens (tertiary/aromatic N) is 2. The van der Waals surface area contributed by atoms with Gasteiger partial charge in [0.1, 0.15) is 11.5 Å². The monoisotopic (exact) mass is 432 g/mol. The van der Waals surface area contributed by atoms with Gasteiger partial charge >= 0.3 is 0 Å². The fourth-order valence-electron chi connectivity index (χ4n) is 4.75. The summed E-state index contributed by atoms with van der Waals surface area (Å²) >= 11 is 0. The molecule has 1 fully saturated rings. The van der Waals surface area contributed by atoms with Crippen molar-refractivity contribution in [3.8, 4) is 11.3 Å². The summed E-state index contributed by atoms with van der Waals surface area (Å²) in [6.07, 6.45) is 7.44. The molecule has 1 saturated carbocycles. The van der Waals surface area contributed by atoms with Crippen LogP contribution in [0.15, 0.2) is 30.7 Å². The fraction of sp³-hybridized carbons (Fsp3) is 0.625. The molecular weight excluding hydrogens is 398 g/mol. The van der Waals surface area contributed by atoms with Crippen molar-refractivity contribution in [2.45, 2.75) is 95.2 Å². The van der Waals surface area contributed by atoms with Crippen LogP contribution in [0.2, 0.25) is 18.1 Å². The summed E-state index contributed by atoms with van der Waals surface area (Å²) in [5, 5.41) is 0.172. The summed E-state index contributed by atoms with van der Waals surface area (Å²) in [6, 6.07) is 5.15. The Morgan fingerprint density at radius 2 is 1.93 bits per heavy atom. The zero-order chi connectivity index (χ0) is 21.7. The molecule has 3 nitrogen and oxygen atoms in total. The Morgan fingerprint density at radius 3 is 2.60 bits per heavy atom. The molecule has 30 heavy (non-hydrogen) atoms. The van der Waals surface area contributed by atoms with Crippen LogP contribution in [0.4, 0.5) is 8.78 Å². The summed E-state index contributed by atoms with van der Waals surface area (Å²) in [5.41, 5.74) is 1.21. The molecule has 6 heteroatoms. The summed E-state index contributed by atoms with van der Waals surface area (Å²) in [4.78, 5) is 4.20. The molecule has 1 unspecified atom stereocenters. The Kier molecular flexibility index (Phi) is 5.46. The van der Waals surface area contributed by atoms with Crippen LogP contribution in [0.5, 0.6) is 0 Å². The third-order valence-corrected chi connectivity index (χ3v) is 12.2. The third kappa shape index (κ3) is 3.89. The summed E-state index contributed by atoms with van der Waals surface area (Å²) in [7, 11) is -1.82. The van der Waals surface area contributed by atoms with Gasteiger partial charge in [-0.05, 0) is 68.3 Å². The van der Waals surface area contributed by atoms with Crippen molar-refractivity contribution in [3.05, 3.63) is 42.1 Å². The topological polar surface area (TPSA) is 27.1 Å². The highest BCUT2D eigenvalue weighted by molar-refractivity contribution is 6.74. The first-order valence-corrected chi connectivity index (χ1v) is 14.1. The number of halogens is 2. The number of rotatable bonds is 5. The normalized spacial score (nSPS) is 26.5. The molecule has 2 aliphatic rings. The van der Waals surface area contributed by atoms with E-state index in [4.69, 9.17) is 4.43 Å². The number of fused-ring (bicyclic) bond motifs is 3. The molecule has 1 aliphatic heterocycles. The molecule has 0 N–H and O–H groups in total. The van der Waals surface area contributed by atoms with Crippen molar-refractivity contribution in [3.63, 3.8) is 0 Å². The van der Waals surface area contributed by atoms with Crippen molar-refractivity contribution >= 4 is 8.32 Å². The minimum absolute atomic E-state index is 0.0398. The first-order valence-electron chi connectivity index (χ1n) is 11.2. The second-order valence-electron chi connectivity index (χ2n) is 10.7. The van der Waals surface area contributed by atoms with Crippen molar-refractivity contribution in [2.75, 3.05) is 0 Å². The lowest BCUT2D eigenvalue weighted by molar-refractivity contribution is 0.0302. The van der Waals surface area contributed by atoms with Gasteiger partial charge in [-0.1, -0.05) is 32.9 Å². The van der Waals surface area contributed by atoms with Crippen LogP contribution >= 0.6 is 0 Å². The predicted molar refractivity (Wildman–Crippen MR) is 119 cm³/mol. The van der Waals surface area contributed by atoms with E-state index in [9.17, 15) is 4.39 Å². The number of aromatic nitrogens is 2. The van der Waals surface area contributed by atoms with Gasteiger partial charge in [-0.25, -0.2) is 13.8 Å². The van der Waals surface area contributed by atoms with Crippen molar-refractivity contribution < 1.29 is 13.2 Å². The zero-order valence-corrected chi connectivity index (χ0v) is 19.8. The maximum absolute atomic E-state index is 15.7. The van der Waals surface area contributed by atoms with Crippen LogP contribution in [0.3, 0.4) is 0 Å². The van der Waals surface area contributed by atoms with Crippen molar-refractivity contribution in [1.82, 2.24) is 9.55 Å². The molecule has 0 bridgehead atoms. The van der Waals surface area contributed by atoms with Crippen LogP contribution in [0, 0.1) is 5.82 Å². The maximum Gasteiger partial charge on any atom is 0.192 e. The molecule has 1 aromatic heterocycles. The molecule has 1 aromatic carbocycles. The van der Waals surface area contributed by atoms with Gasteiger partial charge in [0, 0.05) is 11.7 Å². The summed E-state index contributed by atoms with van der Waals surface area (Å²) in [6.45, 7) is 11.3. The molecular formula is C24H34F2N2OSi. The fourth-order valence-corrected chi connectivity index (χ4v) is 6.17. The summed E-state index contributed by atoms with van der Waals surface area (Å²) in [5.74, 6) is -0.227. The van der Waals surface area contributed by atoms with Crippen LogP contribution < -0.4 is 0 Å². The predicted octanol–water partition coefficient (Wildman–Crippen LogP) is 7.04. The second kappa shape index (κ2) is 7.55. The van der Waals surface area contributed by atoms with Gasteiger partial charge in [0.25, 0.3) is 0 Å². The SMILES string of the molecule is CC(C)(C)[Si](C)(C)OC1CCC(F)(CCC2c3cccc(F)c3-c3cncn32)CC1. The first kappa shape index (κ1) is 21.7. The Hall–Kier alpha value is -1.53. The van der Waals surface area contributed by atoms with Crippen LogP contribution in [-0.2, 0) is 4.43 Å². The molecule has 0 amide bonds. The van der Waals surface area contributed by atoms with Gasteiger partial charge in [-0.2, -0.15) is 0 Å². The lowest BCUT2D eigenvalue weighted by Crippen LogP contribution is -2.46. The van der Waals surface area contributed by atoms with Crippen LogP contribution in [0.25, 0.3) is 11.3 Å².